The van der Waals surface area contributed by atoms with Crippen molar-refractivity contribution in [3.63, 3.8) is 0 Å². The summed E-state index contributed by atoms with van der Waals surface area (Å²) in [6.07, 6.45) is 0. The number of hydrogen-bond acceptors (Lipinski definition) is 4. The quantitative estimate of drug-likeness (QED) is 0.176. The molecule has 0 heterocycles. The van der Waals surface area contributed by atoms with Gasteiger partial charge in [0.05, 0.1) is 0 Å². The molecule has 0 aliphatic rings. The first-order chi connectivity index (χ1) is 1.41. The van der Waals surface area contributed by atoms with E-state index in [1.54, 1.807) is 0 Å². The van der Waals surface area contributed by atoms with Gasteiger partial charge >= 0.3 is 59.1 Å². The normalized spacial score (nSPS) is 2.00. The molecule has 6 heavy (non-hydrogen) atoms. The van der Waals surface area contributed by atoms with E-state index >= 15 is 0 Å². The third kappa shape index (κ3) is 55.1. The Kier molecular flexibility index (Phi) is 144. The first-order valence-electron chi connectivity index (χ1n) is 0.365. The monoisotopic (exact) mass is 109 g/mol. The van der Waals surface area contributed by atoms with Crippen LogP contribution in [0.25, 0.3) is 0 Å². The Balaban J connectivity index is -0.00000000667. The van der Waals surface area contributed by atoms with Crippen molar-refractivity contribution in [2.24, 2.45) is 5.34 Å². The fourth-order valence-electron chi connectivity index (χ4n) is 0. The maximum Gasteiger partial charge on any atom is 1.00 e. The van der Waals surface area contributed by atoms with E-state index in [2.05, 4.69) is 0 Å². The van der Waals surface area contributed by atoms with Gasteiger partial charge in [0.1, 0.15) is 0 Å². The van der Waals surface area contributed by atoms with Crippen molar-refractivity contribution in [1.29, 1.82) is 0 Å². The van der Waals surface area contributed by atoms with Crippen molar-refractivity contribution < 1.29 is 64.6 Å². The Morgan fingerprint density at radius 2 is 1.33 bits per heavy atom. The Morgan fingerprint density at radius 3 is 1.33 bits per heavy atom. The van der Waals surface area contributed by atoms with Gasteiger partial charge in [0.15, 0.2) is 0 Å². The van der Waals surface area contributed by atoms with Crippen molar-refractivity contribution in [3.8, 4) is 0 Å². The molecule has 0 aromatic heterocycles. The first kappa shape index (κ1) is 26.4. The van der Waals surface area contributed by atoms with E-state index in [1.165, 1.54) is 0 Å². The second-order valence-corrected chi connectivity index (χ2v) is 0.0745. The number of nitrogens with zero attached hydrogens (tertiary/aromatic N) is 1. The van der Waals surface area contributed by atoms with Gasteiger partial charge in [-0.05, 0) is 0 Å². The van der Waals surface area contributed by atoms with Crippen LogP contribution in [0.5, 0.6) is 0 Å². The molecule has 0 spiro atoms. The van der Waals surface area contributed by atoms with E-state index in [0.717, 1.165) is 5.34 Å². The maximum absolute atomic E-state index is 8.00. The molecule has 0 fully saturated rings. The van der Waals surface area contributed by atoms with Gasteiger partial charge < -0.3 is 15.6 Å². The van der Waals surface area contributed by atoms with Crippen LogP contribution in [0.4, 0.5) is 0 Å². The van der Waals surface area contributed by atoms with Gasteiger partial charge in [-0.2, -0.15) is 0 Å². The van der Waals surface area contributed by atoms with Crippen LogP contribution in [0.3, 0.4) is 0 Å². The van der Waals surface area contributed by atoms with Crippen LogP contribution in [-0.2, 0) is 0 Å². The summed E-state index contributed by atoms with van der Waals surface area (Å²) in [5, 5.41) is 9.00. The molecule has 26 valence electrons. The Hall–Kier alpha value is 1.36. The molecule has 0 aliphatic carbocycles. The fourth-order valence-corrected chi connectivity index (χ4v) is 0. The maximum atomic E-state index is 8.00. The van der Waals surface area contributed by atoms with E-state index in [4.69, 9.17) is 10.1 Å². The second-order valence-electron chi connectivity index (χ2n) is 0.0745. The fraction of sp³-hybridized carbons (Fsp3) is 0. The minimum absolute atomic E-state index is 0. The zero-order chi connectivity index (χ0) is 2.71. The standard InChI is InChI=1S/HNO2.2Na.H2O/c2-1-3;;;/h(H,2,3);;;1H2/q;2*+1;/p-2. The Bertz CT molecular complexity index is 16.3. The minimum Gasteiger partial charge on any atom is -0.870 e. The van der Waals surface area contributed by atoms with E-state index in [-0.39, 0.29) is 64.6 Å². The molecule has 0 saturated heterocycles. The van der Waals surface area contributed by atoms with Gasteiger partial charge in [0.2, 0.25) is 0 Å². The van der Waals surface area contributed by atoms with Gasteiger partial charge in [-0.25, -0.2) is 0 Å². The largest absolute Gasteiger partial charge is 1.00 e. The zero-order valence-electron chi connectivity index (χ0n) is 3.71. The zero-order valence-corrected chi connectivity index (χ0v) is 7.71. The van der Waals surface area contributed by atoms with Gasteiger partial charge in [-0.15, -0.1) is 5.34 Å². The molecule has 0 aliphatic heterocycles. The summed E-state index contributed by atoms with van der Waals surface area (Å²) in [6, 6.07) is 0. The molecule has 6 heteroatoms. The summed E-state index contributed by atoms with van der Waals surface area (Å²) in [7, 11) is 0. The Morgan fingerprint density at radius 1 is 1.33 bits per heavy atom. The molecule has 0 aromatic carbocycles. The van der Waals surface area contributed by atoms with Gasteiger partial charge in [-0.1, -0.05) is 0 Å². The van der Waals surface area contributed by atoms with Gasteiger partial charge in [-0.3, -0.25) is 0 Å². The van der Waals surface area contributed by atoms with Crippen LogP contribution in [0.2, 0.25) is 0 Å². The van der Waals surface area contributed by atoms with Crippen LogP contribution in [0.1, 0.15) is 0 Å². The predicted molar refractivity (Wildman–Crippen MR) is 11.1 cm³/mol. The molecule has 4 nitrogen and oxygen atoms in total. The minimum atomic E-state index is 0. The van der Waals surface area contributed by atoms with Crippen molar-refractivity contribution in [3.05, 3.63) is 10.1 Å². The smallest absolute Gasteiger partial charge is 0.870 e. The summed E-state index contributed by atoms with van der Waals surface area (Å²) >= 11 is 0. The molecule has 0 aromatic rings. The van der Waals surface area contributed by atoms with Crippen LogP contribution >= 0.6 is 0 Å². The van der Waals surface area contributed by atoms with Crippen LogP contribution < -0.4 is 59.1 Å². The molecular weight excluding hydrogens is 108 g/mol. The summed E-state index contributed by atoms with van der Waals surface area (Å²) < 4.78 is 0. The molecule has 0 rings (SSSR count). The SMILES string of the molecule is O=N[O-].[Na+].[Na+].[OH-]. The van der Waals surface area contributed by atoms with Crippen molar-refractivity contribution in [2.45, 2.75) is 0 Å². The van der Waals surface area contributed by atoms with Crippen LogP contribution in [0.15, 0.2) is 5.34 Å². The van der Waals surface area contributed by atoms with E-state index < -0.39 is 0 Å². The molecule has 0 radical (unpaired) electrons. The van der Waals surface area contributed by atoms with Crippen molar-refractivity contribution in [1.82, 2.24) is 0 Å². The van der Waals surface area contributed by atoms with E-state index in [1.807, 2.05) is 0 Å². The summed E-state index contributed by atoms with van der Waals surface area (Å²) in [4.78, 5) is 8.00. The van der Waals surface area contributed by atoms with Gasteiger partial charge in [0.25, 0.3) is 0 Å². The molecule has 0 unspecified atom stereocenters. The third-order valence-corrected chi connectivity index (χ3v) is 0. The Labute approximate surface area is 79.1 Å². The van der Waals surface area contributed by atoms with Crippen LogP contribution in [-0.4, -0.2) is 5.48 Å². The topological polar surface area (TPSA) is 82.5 Å². The molecule has 1 N–H and O–H groups in total. The van der Waals surface area contributed by atoms with Gasteiger partial charge in [0, 0.05) is 0 Å². The first-order valence-corrected chi connectivity index (χ1v) is 0.365. The number of rotatable bonds is 0. The molecule has 0 saturated carbocycles. The predicted octanol–water partition coefficient (Wildman–Crippen LogP) is -5.92. The molecule has 0 atom stereocenters. The molecule has 0 amide bonds. The van der Waals surface area contributed by atoms with Crippen LogP contribution in [0, 0.1) is 10.1 Å². The summed E-state index contributed by atoms with van der Waals surface area (Å²) in [5.74, 6) is 0. The summed E-state index contributed by atoms with van der Waals surface area (Å²) in [6.45, 7) is 0. The van der Waals surface area contributed by atoms with E-state index in [0.29, 0.717) is 0 Å². The average molecular weight is 109 g/mol. The average Bonchev–Trinajstić information content (AvgIpc) is 0.918. The van der Waals surface area contributed by atoms with E-state index in [9.17, 15) is 0 Å². The number of hydrogen-bond donors (Lipinski definition) is 0. The summed E-state index contributed by atoms with van der Waals surface area (Å²) in [5.41, 5.74) is 0. The molecule has 0 bridgehead atoms. The molecular formula is HNNa2O3. The van der Waals surface area contributed by atoms with Crippen molar-refractivity contribution >= 4 is 0 Å². The third-order valence-electron chi connectivity index (χ3n) is 0. The second kappa shape index (κ2) is 32.8. The van der Waals surface area contributed by atoms with Crippen molar-refractivity contribution in [2.75, 3.05) is 0 Å².